The highest BCUT2D eigenvalue weighted by molar-refractivity contribution is 7.31. The van der Waals surface area contributed by atoms with Crippen LogP contribution in [-0.4, -0.2) is 13.4 Å². The molecule has 0 bridgehead atoms. The molecule has 0 fully saturated rings. The van der Waals surface area contributed by atoms with E-state index >= 15 is 0 Å². The van der Waals surface area contributed by atoms with Gasteiger partial charge < -0.3 is 0 Å². The lowest BCUT2D eigenvalue weighted by molar-refractivity contribution is 1.34. The molecule has 0 atom stereocenters. The van der Waals surface area contributed by atoms with Crippen molar-refractivity contribution in [1.82, 2.24) is 0 Å². The minimum Gasteiger partial charge on any atom is -0.155 e. The molecular weight excluding hydrogens is 706 g/mol. The van der Waals surface area contributed by atoms with Gasteiger partial charge in [-0.3, -0.25) is 0 Å². The molecule has 274 valence electrons. The number of rotatable bonds is 7. The van der Waals surface area contributed by atoms with Crippen molar-refractivity contribution < 1.29 is 0 Å². The van der Waals surface area contributed by atoms with Crippen LogP contribution in [0.15, 0.2) is 90.3 Å². The van der Waals surface area contributed by atoms with E-state index in [1.807, 2.05) is 34.0 Å². The number of thiophene rings is 3. The van der Waals surface area contributed by atoms with Gasteiger partial charge in [-0.05, 0) is 123 Å². The first kappa shape index (κ1) is 39.8. The summed E-state index contributed by atoms with van der Waals surface area (Å²) in [7, 11) is 0. The Hall–Kier alpha value is -3.89. The van der Waals surface area contributed by atoms with Crippen LogP contribution in [0.5, 0.6) is 0 Å². The largest absolute Gasteiger partial charge is 0.255 e. The van der Waals surface area contributed by atoms with Gasteiger partial charge in [0.1, 0.15) is 0 Å². The van der Waals surface area contributed by atoms with Gasteiger partial charge in [0.15, 0.2) is 0 Å². The first-order valence-corrected chi connectivity index (χ1v) is 21.6. The summed E-state index contributed by atoms with van der Waals surface area (Å²) in [6, 6.07) is 32.2. The van der Waals surface area contributed by atoms with E-state index in [2.05, 4.69) is 180 Å². The van der Waals surface area contributed by atoms with Crippen LogP contribution in [0.1, 0.15) is 71.6 Å². The van der Waals surface area contributed by atoms with Gasteiger partial charge in [-0.25, -0.2) is 0 Å². The van der Waals surface area contributed by atoms with E-state index in [0.29, 0.717) is 6.71 Å². The van der Waals surface area contributed by atoms with Gasteiger partial charge in [-0.1, -0.05) is 155 Å². The van der Waals surface area contributed by atoms with Crippen LogP contribution in [-0.2, 0) is 0 Å². The summed E-state index contributed by atoms with van der Waals surface area (Å²) in [6.45, 7) is 29.7. The summed E-state index contributed by atoms with van der Waals surface area (Å²) >= 11 is 5.69. The molecule has 0 amide bonds. The van der Waals surface area contributed by atoms with Crippen molar-refractivity contribution in [2.24, 2.45) is 0 Å². The minimum absolute atomic E-state index is 0.273. The summed E-state index contributed by atoms with van der Waals surface area (Å²) in [4.78, 5) is 4.10. The van der Waals surface area contributed by atoms with Gasteiger partial charge >= 0.3 is 0 Å². The van der Waals surface area contributed by atoms with Crippen molar-refractivity contribution in [2.75, 3.05) is 0 Å². The smallest absolute Gasteiger partial charge is 0.155 e. The highest BCUT2D eigenvalue weighted by Crippen LogP contribution is 2.28. The van der Waals surface area contributed by atoms with Crippen molar-refractivity contribution >= 4 is 78.8 Å². The average molecular weight is 761 g/mol. The second-order valence-corrected chi connectivity index (χ2v) is 19.1. The molecule has 0 aliphatic rings. The highest BCUT2D eigenvalue weighted by atomic mass is 32.1. The van der Waals surface area contributed by atoms with Crippen LogP contribution in [0.4, 0.5) is 0 Å². The number of hydrogen-bond acceptors (Lipinski definition) is 3. The van der Waals surface area contributed by atoms with Gasteiger partial charge in [-0.15, -0.1) is 22.7 Å². The molecule has 7 aromatic rings. The van der Waals surface area contributed by atoms with Gasteiger partial charge in [0.25, 0.3) is 13.4 Å². The number of aryl methyl sites for hydroxylation is 13. The molecule has 54 heavy (non-hydrogen) atoms. The van der Waals surface area contributed by atoms with Crippen LogP contribution >= 0.6 is 34.0 Å². The normalized spacial score (nSPS) is 11.1. The Morgan fingerprint density at radius 1 is 0.352 bits per heavy atom. The molecule has 0 aliphatic carbocycles. The van der Waals surface area contributed by atoms with Gasteiger partial charge in [-0.2, -0.15) is 11.3 Å². The van der Waals surface area contributed by atoms with E-state index < -0.39 is 0 Å². The lowest BCUT2D eigenvalue weighted by Crippen LogP contribution is -2.54. The van der Waals surface area contributed by atoms with Crippen molar-refractivity contribution in [3.63, 3.8) is 0 Å². The number of benzene rings is 4. The third kappa shape index (κ3) is 8.35. The third-order valence-electron chi connectivity index (χ3n) is 10.8. The maximum atomic E-state index is 2.35. The standard InChI is InChI=1S/C26H27BS2.C23H27BS/c1-16-12-18(3)25(19(4)13-16)27(26-20(5)14-17(2)15-21(26)6)24-10-9-23(29-24)22-8-7-11-28-22;1-14-10-16(3)22(17(4)11-14)24(21-9-8-20(7)25-21)23-18(5)12-15(2)13-19(23)6/h7-15H,1-6H3;8-13H,1-7H3. The molecule has 0 saturated heterocycles. The summed E-state index contributed by atoms with van der Waals surface area (Å²) in [5.41, 5.74) is 22.4. The number of hydrogen-bond donors (Lipinski definition) is 0. The summed E-state index contributed by atoms with van der Waals surface area (Å²) in [5.74, 6) is 0. The maximum Gasteiger partial charge on any atom is 0.255 e. The van der Waals surface area contributed by atoms with E-state index in [0.717, 1.165) is 0 Å². The average Bonchev–Trinajstić information content (AvgIpc) is 3.84. The summed E-state index contributed by atoms with van der Waals surface area (Å²) < 4.78 is 2.88. The molecule has 3 heterocycles. The second-order valence-electron chi connectivity index (χ2n) is 15.7. The van der Waals surface area contributed by atoms with Crippen LogP contribution in [0, 0.1) is 90.0 Å². The van der Waals surface area contributed by atoms with Crippen molar-refractivity contribution in [1.29, 1.82) is 0 Å². The van der Waals surface area contributed by atoms with Crippen LogP contribution < -0.4 is 31.4 Å². The van der Waals surface area contributed by atoms with E-state index in [4.69, 9.17) is 0 Å². The van der Waals surface area contributed by atoms with Crippen LogP contribution in [0.25, 0.3) is 9.75 Å². The Kier molecular flexibility index (Phi) is 12.1. The molecule has 7 rings (SSSR count). The minimum atomic E-state index is 0.273. The molecule has 0 spiro atoms. The Bertz CT molecular complexity index is 2230. The predicted molar refractivity (Wildman–Crippen MR) is 249 cm³/mol. The quantitative estimate of drug-likeness (QED) is 0.142. The summed E-state index contributed by atoms with van der Waals surface area (Å²) in [5, 5.41) is 2.16. The van der Waals surface area contributed by atoms with E-state index in [1.165, 1.54) is 113 Å². The third-order valence-corrected chi connectivity index (χ3v) is 14.1. The monoisotopic (exact) mass is 760 g/mol. The first-order valence-electron chi connectivity index (χ1n) is 19.1. The van der Waals surface area contributed by atoms with E-state index in [1.54, 1.807) is 0 Å². The Labute approximate surface area is 338 Å². The Morgan fingerprint density at radius 2 is 0.685 bits per heavy atom. The topological polar surface area (TPSA) is 0 Å². The molecule has 3 aromatic heterocycles. The Morgan fingerprint density at radius 3 is 0.981 bits per heavy atom. The zero-order valence-corrected chi connectivity index (χ0v) is 37.0. The predicted octanol–water partition coefficient (Wildman–Crippen LogP) is 10.3. The molecule has 4 aromatic carbocycles. The van der Waals surface area contributed by atoms with E-state index in [-0.39, 0.29) is 6.71 Å². The fourth-order valence-electron chi connectivity index (χ4n) is 9.11. The van der Waals surface area contributed by atoms with Crippen molar-refractivity contribution in [3.05, 3.63) is 162 Å². The second kappa shape index (κ2) is 16.5. The van der Waals surface area contributed by atoms with Crippen molar-refractivity contribution in [2.45, 2.75) is 90.0 Å². The Balaban J connectivity index is 0.000000186. The van der Waals surface area contributed by atoms with E-state index in [9.17, 15) is 0 Å². The lowest BCUT2D eigenvalue weighted by Gasteiger charge is -2.23. The zero-order valence-electron chi connectivity index (χ0n) is 34.5. The highest BCUT2D eigenvalue weighted by Gasteiger charge is 2.31. The van der Waals surface area contributed by atoms with Crippen molar-refractivity contribution in [3.8, 4) is 9.75 Å². The van der Waals surface area contributed by atoms with Gasteiger partial charge in [0, 0.05) is 14.6 Å². The molecule has 0 unspecified atom stereocenters. The molecular formula is C49H54B2S3. The molecule has 0 saturated carbocycles. The maximum absolute atomic E-state index is 2.35. The van der Waals surface area contributed by atoms with Gasteiger partial charge in [0.05, 0.1) is 0 Å². The molecule has 0 radical (unpaired) electrons. The fraction of sp³-hybridized carbons (Fsp3) is 0.265. The van der Waals surface area contributed by atoms with Gasteiger partial charge in [0.2, 0.25) is 0 Å². The SMILES string of the molecule is Cc1cc(C)c(B(c2ccc(-c3cccs3)s2)c2c(C)cc(C)cc2C)c(C)c1.Cc1cc(C)c(B(c2ccc(C)s2)c2c(C)cc(C)cc2C)c(C)c1. The molecule has 0 aliphatic heterocycles. The van der Waals surface area contributed by atoms with Crippen LogP contribution in [0.2, 0.25) is 0 Å². The molecule has 0 nitrogen and oxygen atoms in total. The zero-order chi connectivity index (χ0) is 39.0. The molecule has 0 N–H and O–H groups in total. The lowest BCUT2D eigenvalue weighted by atomic mass is 9.37. The molecule has 5 heteroatoms. The van der Waals surface area contributed by atoms with Crippen LogP contribution in [0.3, 0.4) is 0 Å². The summed E-state index contributed by atoms with van der Waals surface area (Å²) in [6.07, 6.45) is 0. The first-order chi connectivity index (χ1) is 25.6. The fourth-order valence-corrected chi connectivity index (χ4v) is 12.1.